The SMILES string of the molecule is C[C@@H](Nc1nc(C(=N)NC(=O)O)nc2nc(C3CCCCC3c3ccccc3)n(C[C@H]3CC[C@H](C)CC3)c12)C1CCC1. The van der Waals surface area contributed by atoms with Crippen molar-refractivity contribution in [3.05, 3.63) is 47.5 Å². The van der Waals surface area contributed by atoms with Crippen LogP contribution in [-0.2, 0) is 6.54 Å². The fraction of sp³-hybridized carbons (Fsp3) is 0.606. The van der Waals surface area contributed by atoms with Crippen LogP contribution in [0.3, 0.4) is 0 Å². The Morgan fingerprint density at radius 2 is 1.69 bits per heavy atom. The molecular weight excluding hydrogens is 526 g/mol. The lowest BCUT2D eigenvalue weighted by Gasteiger charge is -2.34. The van der Waals surface area contributed by atoms with Gasteiger partial charge in [0.25, 0.3) is 0 Å². The molecule has 3 atom stereocenters. The van der Waals surface area contributed by atoms with Crippen molar-refractivity contribution >= 4 is 28.9 Å². The van der Waals surface area contributed by atoms with Crippen molar-refractivity contribution in [1.82, 2.24) is 24.8 Å². The quantitative estimate of drug-likeness (QED) is 0.166. The lowest BCUT2D eigenvalue weighted by molar-refractivity contribution is 0.200. The number of nitrogens with one attached hydrogen (secondary N) is 3. The van der Waals surface area contributed by atoms with Gasteiger partial charge in [0.05, 0.1) is 0 Å². The molecule has 3 fully saturated rings. The molecule has 0 saturated heterocycles. The molecule has 3 aliphatic rings. The largest absolute Gasteiger partial charge is 0.465 e. The molecule has 2 aromatic heterocycles. The number of rotatable bonds is 8. The zero-order valence-electron chi connectivity index (χ0n) is 25.0. The highest BCUT2D eigenvalue weighted by molar-refractivity contribution is 6.03. The van der Waals surface area contributed by atoms with Crippen LogP contribution < -0.4 is 10.6 Å². The highest BCUT2D eigenvalue weighted by atomic mass is 16.4. The molecule has 2 unspecified atom stereocenters. The zero-order valence-corrected chi connectivity index (χ0v) is 25.0. The minimum absolute atomic E-state index is 0.0548. The van der Waals surface area contributed by atoms with Crippen LogP contribution in [0.4, 0.5) is 10.6 Å². The normalized spacial score (nSPS) is 25.5. The van der Waals surface area contributed by atoms with Gasteiger partial charge in [0.1, 0.15) is 11.3 Å². The number of fused-ring (bicyclic) bond motifs is 1. The molecule has 6 rings (SSSR count). The van der Waals surface area contributed by atoms with Gasteiger partial charge in [0.15, 0.2) is 23.1 Å². The molecule has 9 nitrogen and oxygen atoms in total. The topological polar surface area (TPSA) is 129 Å². The van der Waals surface area contributed by atoms with Crippen LogP contribution in [-0.4, -0.2) is 42.6 Å². The molecule has 4 N–H and O–H groups in total. The van der Waals surface area contributed by atoms with E-state index in [4.69, 9.17) is 20.4 Å². The Morgan fingerprint density at radius 3 is 2.36 bits per heavy atom. The molecule has 3 aliphatic carbocycles. The number of amidine groups is 1. The van der Waals surface area contributed by atoms with Gasteiger partial charge in [-0.1, -0.05) is 69.4 Å². The summed E-state index contributed by atoms with van der Waals surface area (Å²) >= 11 is 0. The summed E-state index contributed by atoms with van der Waals surface area (Å²) in [5.41, 5.74) is 2.82. The van der Waals surface area contributed by atoms with Crippen molar-refractivity contribution in [2.24, 2.45) is 17.8 Å². The van der Waals surface area contributed by atoms with Gasteiger partial charge in [-0.05, 0) is 74.7 Å². The summed E-state index contributed by atoms with van der Waals surface area (Å²) in [5.74, 6) is 4.02. The number of carbonyl (C=O) groups is 1. The Morgan fingerprint density at radius 1 is 0.976 bits per heavy atom. The molecule has 0 radical (unpaired) electrons. The second kappa shape index (κ2) is 12.4. The third-order valence-corrected chi connectivity index (χ3v) is 10.2. The number of benzene rings is 1. The third-order valence-electron chi connectivity index (χ3n) is 10.2. The van der Waals surface area contributed by atoms with E-state index in [0.29, 0.717) is 29.2 Å². The molecule has 0 spiro atoms. The van der Waals surface area contributed by atoms with E-state index in [2.05, 4.69) is 59.4 Å². The van der Waals surface area contributed by atoms with E-state index in [-0.39, 0.29) is 23.6 Å². The van der Waals surface area contributed by atoms with Crippen LogP contribution >= 0.6 is 0 Å². The van der Waals surface area contributed by atoms with Crippen molar-refractivity contribution in [3.63, 3.8) is 0 Å². The van der Waals surface area contributed by atoms with Gasteiger partial charge >= 0.3 is 6.09 Å². The van der Waals surface area contributed by atoms with E-state index in [1.165, 1.54) is 63.4 Å². The van der Waals surface area contributed by atoms with Crippen LogP contribution in [0.2, 0.25) is 0 Å². The molecule has 9 heteroatoms. The van der Waals surface area contributed by atoms with E-state index in [1.807, 2.05) is 0 Å². The average molecular weight is 572 g/mol. The van der Waals surface area contributed by atoms with Crippen molar-refractivity contribution in [2.45, 2.75) is 109 Å². The first-order valence-electron chi connectivity index (χ1n) is 16.1. The van der Waals surface area contributed by atoms with Gasteiger partial charge in [-0.2, -0.15) is 0 Å². The van der Waals surface area contributed by atoms with Gasteiger partial charge in [0.2, 0.25) is 0 Å². The number of hydrogen-bond donors (Lipinski definition) is 4. The summed E-state index contributed by atoms with van der Waals surface area (Å²) in [4.78, 5) is 26.2. The van der Waals surface area contributed by atoms with Crippen LogP contribution in [0, 0.1) is 23.2 Å². The van der Waals surface area contributed by atoms with Gasteiger partial charge in [-0.15, -0.1) is 0 Å². The van der Waals surface area contributed by atoms with Crippen LogP contribution in [0.1, 0.15) is 114 Å². The van der Waals surface area contributed by atoms with Gasteiger partial charge in [-0.3, -0.25) is 10.7 Å². The first kappa shape index (κ1) is 28.6. The maximum Gasteiger partial charge on any atom is 0.410 e. The third kappa shape index (κ3) is 6.01. The Bertz CT molecular complexity index is 1410. The molecule has 0 bridgehead atoms. The first-order chi connectivity index (χ1) is 20.4. The van der Waals surface area contributed by atoms with Crippen molar-refractivity contribution in [3.8, 4) is 0 Å². The van der Waals surface area contributed by atoms with Gasteiger partial charge in [-0.25, -0.2) is 19.7 Å². The summed E-state index contributed by atoms with van der Waals surface area (Å²) in [5, 5.41) is 23.5. The van der Waals surface area contributed by atoms with E-state index >= 15 is 0 Å². The minimum atomic E-state index is -1.30. The number of hydrogen-bond acceptors (Lipinski definition) is 6. The maximum absolute atomic E-state index is 11.4. The van der Waals surface area contributed by atoms with Crippen molar-refractivity contribution in [1.29, 1.82) is 5.41 Å². The Hall–Kier alpha value is -3.49. The van der Waals surface area contributed by atoms with Crippen molar-refractivity contribution < 1.29 is 9.90 Å². The van der Waals surface area contributed by atoms with E-state index in [9.17, 15) is 9.90 Å². The Balaban J connectivity index is 1.48. The fourth-order valence-corrected chi connectivity index (χ4v) is 7.48. The molecule has 0 aliphatic heterocycles. The predicted octanol–water partition coefficient (Wildman–Crippen LogP) is 7.29. The lowest BCUT2D eigenvalue weighted by Crippen LogP contribution is -2.33. The predicted molar refractivity (Wildman–Crippen MR) is 165 cm³/mol. The van der Waals surface area contributed by atoms with Crippen LogP contribution in [0.25, 0.3) is 11.2 Å². The molecule has 1 amide bonds. The molecule has 3 aromatic rings. The number of amides is 1. The molecule has 2 heterocycles. The highest BCUT2D eigenvalue weighted by Gasteiger charge is 2.35. The van der Waals surface area contributed by atoms with Gasteiger partial charge in [0, 0.05) is 18.5 Å². The Kier molecular flexibility index (Phi) is 8.45. The summed E-state index contributed by atoms with van der Waals surface area (Å²) in [6.07, 6.45) is 11.8. The Labute approximate surface area is 248 Å². The molecule has 1 aromatic carbocycles. The molecule has 3 saturated carbocycles. The molecule has 42 heavy (non-hydrogen) atoms. The second-order valence-electron chi connectivity index (χ2n) is 13.1. The standard InChI is InChI=1S/C33H45N7O2/c1-20-15-17-22(18-16-20)19-40-27-29(35-21(2)23-11-8-12-23)37-31(28(34)36-33(41)42)38-30(27)39-32(40)26-14-7-6-13-25(26)24-9-4-3-5-10-24/h3-5,9-10,20-23,25-26H,6-8,11-19H2,1-2H3,(H2,34,36)(H,41,42)(H,35,37,38)/t20-,21-,22-,25?,26?/m1/s1. The summed E-state index contributed by atoms with van der Waals surface area (Å²) in [7, 11) is 0. The number of aromatic nitrogens is 4. The summed E-state index contributed by atoms with van der Waals surface area (Å²) in [6, 6.07) is 11.1. The van der Waals surface area contributed by atoms with E-state index < -0.39 is 6.09 Å². The smallest absolute Gasteiger partial charge is 0.410 e. The number of nitrogens with zero attached hydrogens (tertiary/aromatic N) is 4. The van der Waals surface area contributed by atoms with Crippen LogP contribution in [0.5, 0.6) is 0 Å². The first-order valence-corrected chi connectivity index (χ1v) is 16.1. The summed E-state index contributed by atoms with van der Waals surface area (Å²) < 4.78 is 2.43. The lowest BCUT2D eigenvalue weighted by atomic mass is 9.75. The zero-order chi connectivity index (χ0) is 29.2. The fourth-order valence-electron chi connectivity index (χ4n) is 7.48. The monoisotopic (exact) mass is 571 g/mol. The van der Waals surface area contributed by atoms with E-state index in [0.717, 1.165) is 36.6 Å². The number of imidazole rings is 1. The van der Waals surface area contributed by atoms with E-state index in [1.54, 1.807) is 0 Å². The van der Waals surface area contributed by atoms with Crippen molar-refractivity contribution in [2.75, 3.05) is 5.32 Å². The molecular formula is C33H45N7O2. The van der Waals surface area contributed by atoms with Gasteiger partial charge < -0.3 is 15.0 Å². The minimum Gasteiger partial charge on any atom is -0.465 e. The molecule has 224 valence electrons. The average Bonchev–Trinajstić information content (AvgIpc) is 3.31. The second-order valence-corrected chi connectivity index (χ2v) is 13.1. The number of anilines is 1. The van der Waals surface area contributed by atoms with Crippen LogP contribution in [0.15, 0.2) is 30.3 Å². The number of carboxylic acid groups (broad SMARTS) is 1. The maximum atomic E-state index is 11.4. The summed E-state index contributed by atoms with van der Waals surface area (Å²) in [6.45, 7) is 5.45. The highest BCUT2D eigenvalue weighted by Crippen LogP contribution is 2.45.